The van der Waals surface area contributed by atoms with E-state index in [0.717, 1.165) is 59.8 Å². The van der Waals surface area contributed by atoms with E-state index in [0.29, 0.717) is 10.5 Å². The SMILES string of the molecule is Oc1cccc2ccc(CN3CCc4nc(-c5ccc(Cl)cc5)ncc4C3)nc12. The highest BCUT2D eigenvalue weighted by molar-refractivity contribution is 6.30. The van der Waals surface area contributed by atoms with Crippen molar-refractivity contribution in [3.05, 3.63) is 82.8 Å². The second kappa shape index (κ2) is 7.43. The van der Waals surface area contributed by atoms with Gasteiger partial charge in [-0.05, 0) is 36.4 Å². The zero-order chi connectivity index (χ0) is 19.8. The van der Waals surface area contributed by atoms with Crippen molar-refractivity contribution in [3.63, 3.8) is 0 Å². The van der Waals surface area contributed by atoms with Gasteiger partial charge in [-0.15, -0.1) is 0 Å². The fourth-order valence-electron chi connectivity index (χ4n) is 3.74. The number of fused-ring (bicyclic) bond motifs is 2. The summed E-state index contributed by atoms with van der Waals surface area (Å²) in [6.45, 7) is 2.42. The first-order chi connectivity index (χ1) is 14.2. The van der Waals surface area contributed by atoms with Gasteiger partial charge in [-0.3, -0.25) is 4.90 Å². The van der Waals surface area contributed by atoms with E-state index in [1.807, 2.05) is 54.7 Å². The first-order valence-electron chi connectivity index (χ1n) is 9.56. The van der Waals surface area contributed by atoms with Crippen molar-refractivity contribution in [3.8, 4) is 17.1 Å². The molecule has 5 nitrogen and oxygen atoms in total. The minimum Gasteiger partial charge on any atom is -0.506 e. The third-order valence-corrected chi connectivity index (χ3v) is 5.51. The molecule has 0 saturated carbocycles. The number of para-hydroxylation sites is 1. The molecule has 0 bridgehead atoms. The van der Waals surface area contributed by atoms with Gasteiger partial charge in [0.05, 0.1) is 11.4 Å². The highest BCUT2D eigenvalue weighted by Gasteiger charge is 2.19. The monoisotopic (exact) mass is 402 g/mol. The summed E-state index contributed by atoms with van der Waals surface area (Å²) in [5, 5.41) is 11.7. The number of phenolic OH excluding ortho intramolecular Hbond substituents is 1. The van der Waals surface area contributed by atoms with Crippen LogP contribution >= 0.6 is 11.6 Å². The number of rotatable bonds is 3. The van der Waals surface area contributed by atoms with Gasteiger partial charge in [0, 0.05) is 53.8 Å². The van der Waals surface area contributed by atoms with Crippen LogP contribution < -0.4 is 0 Å². The zero-order valence-electron chi connectivity index (χ0n) is 15.7. The van der Waals surface area contributed by atoms with Crippen LogP contribution in [-0.4, -0.2) is 31.5 Å². The zero-order valence-corrected chi connectivity index (χ0v) is 16.5. The molecule has 1 N–H and O–H groups in total. The fourth-order valence-corrected chi connectivity index (χ4v) is 3.86. The Morgan fingerprint density at radius 2 is 1.86 bits per heavy atom. The Balaban J connectivity index is 1.35. The fraction of sp³-hybridized carbons (Fsp3) is 0.174. The average molecular weight is 403 g/mol. The van der Waals surface area contributed by atoms with E-state index in [2.05, 4.69) is 14.9 Å². The van der Waals surface area contributed by atoms with Gasteiger partial charge in [-0.1, -0.05) is 29.8 Å². The van der Waals surface area contributed by atoms with E-state index in [1.165, 1.54) is 0 Å². The van der Waals surface area contributed by atoms with E-state index in [4.69, 9.17) is 16.6 Å². The van der Waals surface area contributed by atoms with E-state index in [9.17, 15) is 5.11 Å². The highest BCUT2D eigenvalue weighted by atomic mass is 35.5. The molecule has 2 aromatic carbocycles. The van der Waals surface area contributed by atoms with Crippen molar-refractivity contribution < 1.29 is 5.11 Å². The number of nitrogens with zero attached hydrogens (tertiary/aromatic N) is 4. The van der Waals surface area contributed by atoms with Gasteiger partial charge in [0.15, 0.2) is 5.82 Å². The molecule has 29 heavy (non-hydrogen) atoms. The molecule has 4 aromatic rings. The van der Waals surface area contributed by atoms with Crippen LogP contribution in [-0.2, 0) is 19.5 Å². The molecule has 5 rings (SSSR count). The molecule has 0 unspecified atom stereocenters. The Morgan fingerprint density at radius 1 is 1.00 bits per heavy atom. The summed E-state index contributed by atoms with van der Waals surface area (Å²) in [5.74, 6) is 0.956. The number of pyridine rings is 1. The van der Waals surface area contributed by atoms with Crippen LogP contribution in [0.15, 0.2) is 60.8 Å². The van der Waals surface area contributed by atoms with Crippen LogP contribution in [0.4, 0.5) is 0 Å². The average Bonchev–Trinajstić information content (AvgIpc) is 2.74. The topological polar surface area (TPSA) is 62.1 Å². The van der Waals surface area contributed by atoms with Gasteiger partial charge < -0.3 is 5.11 Å². The molecule has 0 radical (unpaired) electrons. The summed E-state index contributed by atoms with van der Waals surface area (Å²) in [6, 6.07) is 17.1. The maximum atomic E-state index is 10.1. The smallest absolute Gasteiger partial charge is 0.159 e. The lowest BCUT2D eigenvalue weighted by Crippen LogP contribution is -2.31. The largest absolute Gasteiger partial charge is 0.506 e. The second-order valence-electron chi connectivity index (χ2n) is 7.28. The van der Waals surface area contributed by atoms with Crippen molar-refractivity contribution in [2.75, 3.05) is 6.54 Å². The lowest BCUT2D eigenvalue weighted by Gasteiger charge is -2.27. The molecule has 0 atom stereocenters. The summed E-state index contributed by atoms with van der Waals surface area (Å²) < 4.78 is 0. The van der Waals surface area contributed by atoms with Crippen molar-refractivity contribution >= 4 is 22.5 Å². The highest BCUT2D eigenvalue weighted by Crippen LogP contribution is 2.25. The number of hydrogen-bond donors (Lipinski definition) is 1. The van der Waals surface area contributed by atoms with Crippen molar-refractivity contribution in [1.29, 1.82) is 0 Å². The number of phenols is 1. The first kappa shape index (κ1) is 18.0. The van der Waals surface area contributed by atoms with Crippen LogP contribution in [0.2, 0.25) is 5.02 Å². The molecule has 6 heteroatoms. The molecule has 0 amide bonds. The molecule has 1 aliphatic rings. The molecule has 144 valence electrons. The molecule has 3 heterocycles. The van der Waals surface area contributed by atoms with Gasteiger partial charge >= 0.3 is 0 Å². The predicted octanol–water partition coefficient (Wildman–Crippen LogP) is 4.61. The third-order valence-electron chi connectivity index (χ3n) is 5.26. The van der Waals surface area contributed by atoms with Gasteiger partial charge in [0.1, 0.15) is 11.3 Å². The maximum absolute atomic E-state index is 10.1. The number of benzene rings is 2. The molecular weight excluding hydrogens is 384 g/mol. The molecule has 0 saturated heterocycles. The van der Waals surface area contributed by atoms with Gasteiger partial charge in [-0.2, -0.15) is 0 Å². The van der Waals surface area contributed by atoms with Gasteiger partial charge in [0.25, 0.3) is 0 Å². The molecule has 0 fully saturated rings. The number of hydrogen-bond acceptors (Lipinski definition) is 5. The summed E-state index contributed by atoms with van der Waals surface area (Å²) in [6.07, 6.45) is 2.80. The Labute approximate surface area is 173 Å². The summed E-state index contributed by atoms with van der Waals surface area (Å²) in [4.78, 5) is 16.3. The van der Waals surface area contributed by atoms with E-state index >= 15 is 0 Å². The van der Waals surface area contributed by atoms with Crippen LogP contribution in [0, 0.1) is 0 Å². The van der Waals surface area contributed by atoms with Crippen molar-refractivity contribution in [2.45, 2.75) is 19.5 Å². The Kier molecular flexibility index (Phi) is 4.62. The van der Waals surface area contributed by atoms with E-state index in [1.54, 1.807) is 6.07 Å². The Bertz CT molecular complexity index is 1190. The van der Waals surface area contributed by atoms with Crippen LogP contribution in [0.25, 0.3) is 22.3 Å². The predicted molar refractivity (Wildman–Crippen MR) is 114 cm³/mol. The summed E-state index contributed by atoms with van der Waals surface area (Å²) in [5.41, 5.74) is 4.82. The maximum Gasteiger partial charge on any atom is 0.159 e. The normalized spacial score (nSPS) is 14.1. The molecule has 0 spiro atoms. The van der Waals surface area contributed by atoms with Gasteiger partial charge in [0.2, 0.25) is 0 Å². The number of aromatic nitrogens is 3. The van der Waals surface area contributed by atoms with E-state index < -0.39 is 0 Å². The molecule has 2 aromatic heterocycles. The number of halogens is 1. The summed E-state index contributed by atoms with van der Waals surface area (Å²) in [7, 11) is 0. The van der Waals surface area contributed by atoms with Crippen LogP contribution in [0.1, 0.15) is 17.0 Å². The lowest BCUT2D eigenvalue weighted by molar-refractivity contribution is 0.240. The first-order valence-corrected chi connectivity index (χ1v) is 9.94. The second-order valence-corrected chi connectivity index (χ2v) is 7.72. The Hall–Kier alpha value is -3.02. The van der Waals surface area contributed by atoms with Gasteiger partial charge in [-0.25, -0.2) is 15.0 Å². The van der Waals surface area contributed by atoms with E-state index in [-0.39, 0.29) is 5.75 Å². The van der Waals surface area contributed by atoms with Crippen molar-refractivity contribution in [1.82, 2.24) is 19.9 Å². The van der Waals surface area contributed by atoms with Crippen LogP contribution in [0.3, 0.4) is 0 Å². The molecule has 1 aliphatic heterocycles. The minimum atomic E-state index is 0.219. The standard InChI is InChI=1S/C23H19ClN4O/c24-18-7-4-16(5-8-18)23-25-12-17-13-28(11-10-20(17)27-23)14-19-9-6-15-2-1-3-21(29)22(15)26-19/h1-9,12,29H,10-11,13-14H2. The minimum absolute atomic E-state index is 0.219. The number of aromatic hydroxyl groups is 1. The Morgan fingerprint density at radius 3 is 2.72 bits per heavy atom. The molecular formula is C23H19ClN4O. The third kappa shape index (κ3) is 3.67. The quantitative estimate of drug-likeness (QED) is 0.542. The lowest BCUT2D eigenvalue weighted by atomic mass is 10.1. The van der Waals surface area contributed by atoms with Crippen molar-refractivity contribution in [2.24, 2.45) is 0 Å². The van der Waals surface area contributed by atoms with Crippen LogP contribution in [0.5, 0.6) is 5.75 Å². The summed E-state index contributed by atoms with van der Waals surface area (Å²) >= 11 is 5.97. The molecule has 0 aliphatic carbocycles.